The van der Waals surface area contributed by atoms with E-state index in [1.54, 1.807) is 0 Å². The van der Waals surface area contributed by atoms with E-state index < -0.39 is 12.3 Å². The predicted octanol–water partition coefficient (Wildman–Crippen LogP) is 1.33. The first-order chi connectivity index (χ1) is 7.80. The summed E-state index contributed by atoms with van der Waals surface area (Å²) >= 11 is 0. The van der Waals surface area contributed by atoms with E-state index in [9.17, 15) is 12.9 Å². The SMILES string of the molecule is Cc1cccc(C23CC([B-](F)(F)F)(C2)C3)c1C.[K+]. The molecule has 0 unspecified atom stereocenters. The van der Waals surface area contributed by atoms with Crippen molar-refractivity contribution >= 4 is 6.98 Å². The van der Waals surface area contributed by atoms with E-state index in [0.29, 0.717) is 19.3 Å². The van der Waals surface area contributed by atoms with Crippen molar-refractivity contribution < 1.29 is 64.3 Å². The molecule has 92 valence electrons. The fraction of sp³-hybridized carbons (Fsp3) is 0.538. The van der Waals surface area contributed by atoms with Crippen molar-refractivity contribution in [3.05, 3.63) is 34.9 Å². The monoisotopic (exact) mass is 278 g/mol. The normalized spacial score (nSPS) is 33.2. The summed E-state index contributed by atoms with van der Waals surface area (Å²) in [6.45, 7) is -0.608. The molecule has 0 amide bonds. The Balaban J connectivity index is 0.00000120. The Labute approximate surface area is 148 Å². The van der Waals surface area contributed by atoms with Crippen LogP contribution in [-0.2, 0) is 5.41 Å². The van der Waals surface area contributed by atoms with Crippen LogP contribution in [0.3, 0.4) is 0 Å². The van der Waals surface area contributed by atoms with Crippen LogP contribution in [-0.4, -0.2) is 6.98 Å². The molecular formula is C13H15BF3K. The fourth-order valence-electron chi connectivity index (χ4n) is 3.82. The summed E-state index contributed by atoms with van der Waals surface area (Å²) in [7, 11) is 0. The van der Waals surface area contributed by atoms with E-state index in [1.165, 1.54) is 11.1 Å². The van der Waals surface area contributed by atoms with Gasteiger partial charge in [-0.2, -0.15) is 0 Å². The molecule has 1 aromatic rings. The van der Waals surface area contributed by atoms with Gasteiger partial charge in [0.05, 0.1) is 0 Å². The molecule has 3 saturated carbocycles. The maximum Gasteiger partial charge on any atom is 1.00 e. The van der Waals surface area contributed by atoms with Gasteiger partial charge in [0.25, 0.3) is 0 Å². The quantitative estimate of drug-likeness (QED) is 0.716. The standard InChI is InChI=1S/C13H15BF3.K/c1-9-4-3-5-11(10(9)2)12-6-13(7-12,8-12)14(15,16)17;/h3-5H,6-8H2,1-2H3;/q-1;+1. The van der Waals surface area contributed by atoms with Gasteiger partial charge in [-0.3, -0.25) is 0 Å². The minimum atomic E-state index is -4.65. The number of benzene rings is 1. The van der Waals surface area contributed by atoms with Gasteiger partial charge in [-0.15, -0.1) is 0 Å². The Morgan fingerprint density at radius 3 is 2.11 bits per heavy atom. The molecule has 0 saturated heterocycles. The molecule has 3 fully saturated rings. The van der Waals surface area contributed by atoms with Crippen LogP contribution in [0.2, 0.25) is 5.31 Å². The molecule has 0 aliphatic heterocycles. The predicted molar refractivity (Wildman–Crippen MR) is 63.2 cm³/mol. The van der Waals surface area contributed by atoms with Crippen molar-refractivity contribution in [2.45, 2.75) is 43.8 Å². The first-order valence-corrected chi connectivity index (χ1v) is 6.06. The molecule has 2 bridgehead atoms. The molecule has 4 rings (SSSR count). The molecule has 0 N–H and O–H groups in total. The maximum absolute atomic E-state index is 12.9. The minimum Gasteiger partial charge on any atom is -0.449 e. The Hall–Kier alpha value is 0.711. The summed E-state index contributed by atoms with van der Waals surface area (Å²) in [6.07, 6.45) is 0.982. The largest absolute Gasteiger partial charge is 1.00 e. The average molecular weight is 278 g/mol. The summed E-state index contributed by atoms with van der Waals surface area (Å²) in [5, 5.41) is -1.28. The number of hydrogen-bond donors (Lipinski definition) is 0. The van der Waals surface area contributed by atoms with E-state index in [1.807, 2.05) is 32.0 Å². The van der Waals surface area contributed by atoms with Gasteiger partial charge in [0.2, 0.25) is 0 Å². The molecule has 0 nitrogen and oxygen atoms in total. The van der Waals surface area contributed by atoms with Crippen LogP contribution in [0.1, 0.15) is 36.0 Å². The van der Waals surface area contributed by atoms with Gasteiger partial charge in [-0.1, -0.05) is 42.8 Å². The molecule has 0 heterocycles. The van der Waals surface area contributed by atoms with Crippen LogP contribution in [0.4, 0.5) is 12.9 Å². The van der Waals surface area contributed by atoms with Gasteiger partial charge in [-0.25, -0.2) is 0 Å². The van der Waals surface area contributed by atoms with Gasteiger partial charge in [0.1, 0.15) is 0 Å². The fourth-order valence-corrected chi connectivity index (χ4v) is 3.82. The molecule has 0 radical (unpaired) electrons. The van der Waals surface area contributed by atoms with Gasteiger partial charge in [0, 0.05) is 0 Å². The zero-order chi connectivity index (χ0) is 12.5. The van der Waals surface area contributed by atoms with Crippen LogP contribution in [0.25, 0.3) is 0 Å². The third kappa shape index (κ3) is 1.81. The van der Waals surface area contributed by atoms with Gasteiger partial charge in [-0.05, 0) is 36.0 Å². The van der Waals surface area contributed by atoms with Gasteiger partial charge in [0.15, 0.2) is 0 Å². The first-order valence-electron chi connectivity index (χ1n) is 6.06. The molecule has 3 aliphatic rings. The summed E-state index contributed by atoms with van der Waals surface area (Å²) in [5.74, 6) is 0. The Bertz CT molecular complexity index is 476. The van der Waals surface area contributed by atoms with Crippen molar-refractivity contribution in [3.8, 4) is 0 Å². The number of rotatable bonds is 2. The van der Waals surface area contributed by atoms with E-state index in [0.717, 1.165) is 5.56 Å². The first kappa shape index (κ1) is 15.1. The van der Waals surface area contributed by atoms with Crippen LogP contribution >= 0.6 is 0 Å². The number of hydrogen-bond acceptors (Lipinski definition) is 0. The van der Waals surface area contributed by atoms with Crippen molar-refractivity contribution in [1.29, 1.82) is 0 Å². The van der Waals surface area contributed by atoms with Crippen molar-refractivity contribution in [1.82, 2.24) is 0 Å². The molecule has 0 atom stereocenters. The summed E-state index contributed by atoms with van der Waals surface area (Å²) in [6, 6.07) is 5.99. The second-order valence-corrected chi connectivity index (χ2v) is 6.00. The van der Waals surface area contributed by atoms with Crippen LogP contribution in [0.15, 0.2) is 18.2 Å². The topological polar surface area (TPSA) is 0 Å². The molecule has 3 aliphatic carbocycles. The molecule has 1 aromatic carbocycles. The minimum absolute atomic E-state index is 0. The average Bonchev–Trinajstić information content (AvgIpc) is 2.05. The second-order valence-electron chi connectivity index (χ2n) is 6.00. The Kier molecular flexibility index (Phi) is 3.65. The molecule has 0 spiro atoms. The smallest absolute Gasteiger partial charge is 0.449 e. The van der Waals surface area contributed by atoms with E-state index in [-0.39, 0.29) is 56.8 Å². The van der Waals surface area contributed by atoms with Crippen molar-refractivity contribution in [2.75, 3.05) is 0 Å². The Morgan fingerprint density at radius 1 is 1.06 bits per heavy atom. The molecule has 5 heteroatoms. The third-order valence-corrected chi connectivity index (χ3v) is 4.94. The van der Waals surface area contributed by atoms with Crippen LogP contribution in [0.5, 0.6) is 0 Å². The van der Waals surface area contributed by atoms with Gasteiger partial charge >= 0.3 is 58.4 Å². The number of halogens is 3. The summed E-state index contributed by atoms with van der Waals surface area (Å²) in [4.78, 5) is 0. The van der Waals surface area contributed by atoms with Crippen LogP contribution < -0.4 is 51.4 Å². The summed E-state index contributed by atoms with van der Waals surface area (Å²) in [5.41, 5.74) is 3.36. The molecule has 0 aromatic heterocycles. The van der Waals surface area contributed by atoms with E-state index in [2.05, 4.69) is 0 Å². The third-order valence-electron chi connectivity index (χ3n) is 4.94. The zero-order valence-corrected chi connectivity index (χ0v) is 14.2. The number of aryl methyl sites for hydroxylation is 1. The Morgan fingerprint density at radius 2 is 1.61 bits per heavy atom. The second kappa shape index (κ2) is 4.35. The van der Waals surface area contributed by atoms with Crippen molar-refractivity contribution in [3.63, 3.8) is 0 Å². The zero-order valence-electron chi connectivity index (χ0n) is 11.1. The van der Waals surface area contributed by atoms with E-state index >= 15 is 0 Å². The molecular weight excluding hydrogens is 263 g/mol. The van der Waals surface area contributed by atoms with Crippen LogP contribution in [0, 0.1) is 13.8 Å². The molecule has 18 heavy (non-hydrogen) atoms. The van der Waals surface area contributed by atoms with Crippen molar-refractivity contribution in [2.24, 2.45) is 0 Å². The maximum atomic E-state index is 12.9. The van der Waals surface area contributed by atoms with Gasteiger partial charge < -0.3 is 12.9 Å². The summed E-state index contributed by atoms with van der Waals surface area (Å²) < 4.78 is 38.6. The van der Waals surface area contributed by atoms with E-state index in [4.69, 9.17) is 0 Å².